The van der Waals surface area contributed by atoms with Gasteiger partial charge in [0.2, 0.25) is 0 Å². The number of ether oxygens (including phenoxy) is 1. The van der Waals surface area contributed by atoms with Crippen LogP contribution in [0.2, 0.25) is 0 Å². The Kier molecular flexibility index (Phi) is 6.89. The molecule has 0 spiro atoms. The molecule has 0 amide bonds. The van der Waals surface area contributed by atoms with E-state index in [9.17, 15) is 4.79 Å². The molecule has 0 N–H and O–H groups in total. The van der Waals surface area contributed by atoms with E-state index in [0.717, 1.165) is 29.7 Å². The van der Waals surface area contributed by atoms with Gasteiger partial charge in [0.1, 0.15) is 0 Å². The topological polar surface area (TPSA) is 91.0 Å². The minimum absolute atomic E-state index is 0.167. The highest BCUT2D eigenvalue weighted by Crippen LogP contribution is 2.19. The summed E-state index contributed by atoms with van der Waals surface area (Å²) < 4.78 is 8.86. The van der Waals surface area contributed by atoms with Crippen LogP contribution in [0.3, 0.4) is 0 Å². The Morgan fingerprint density at radius 2 is 1.85 bits per heavy atom. The molecule has 9 heteroatoms. The number of rotatable bonds is 9. The molecule has 3 heterocycles. The summed E-state index contributed by atoms with van der Waals surface area (Å²) in [6, 6.07) is 11.0. The molecule has 0 saturated carbocycles. The Morgan fingerprint density at radius 1 is 1.03 bits per heavy atom. The first-order chi connectivity index (χ1) is 16.0. The Bertz CT molecular complexity index is 1260. The van der Waals surface area contributed by atoms with E-state index in [1.165, 1.54) is 10.7 Å². The molecule has 0 bridgehead atoms. The van der Waals surface area contributed by atoms with Crippen LogP contribution >= 0.6 is 0 Å². The van der Waals surface area contributed by atoms with Crippen molar-refractivity contribution in [2.45, 2.75) is 13.0 Å². The molecule has 170 valence electrons. The van der Waals surface area contributed by atoms with Crippen LogP contribution in [0, 0.1) is 0 Å². The molecular formula is C24H27N7O2. The van der Waals surface area contributed by atoms with Crippen molar-refractivity contribution < 1.29 is 4.74 Å². The zero-order valence-corrected chi connectivity index (χ0v) is 19.0. The second-order valence-electron chi connectivity index (χ2n) is 8.07. The maximum atomic E-state index is 12.4. The second kappa shape index (κ2) is 10.2. The molecule has 0 aliphatic carbocycles. The molecule has 0 unspecified atom stereocenters. The highest BCUT2D eigenvalue weighted by molar-refractivity contribution is 5.57. The van der Waals surface area contributed by atoms with E-state index in [1.807, 2.05) is 51.6 Å². The summed E-state index contributed by atoms with van der Waals surface area (Å²) in [4.78, 5) is 23.4. The van der Waals surface area contributed by atoms with E-state index in [4.69, 9.17) is 4.74 Å². The summed E-state index contributed by atoms with van der Waals surface area (Å²) in [5.41, 5.74) is 3.18. The lowest BCUT2D eigenvalue weighted by Gasteiger charge is -2.10. The van der Waals surface area contributed by atoms with Gasteiger partial charge in [-0.25, -0.2) is 14.6 Å². The van der Waals surface area contributed by atoms with Crippen molar-refractivity contribution in [3.05, 3.63) is 77.1 Å². The maximum Gasteiger partial charge on any atom is 0.267 e. The van der Waals surface area contributed by atoms with E-state index >= 15 is 0 Å². The number of benzene rings is 1. The van der Waals surface area contributed by atoms with Crippen molar-refractivity contribution in [2.75, 3.05) is 27.2 Å². The van der Waals surface area contributed by atoms with Gasteiger partial charge in [-0.05, 0) is 38.2 Å². The van der Waals surface area contributed by atoms with Gasteiger partial charge < -0.3 is 9.64 Å². The predicted octanol–water partition coefficient (Wildman–Crippen LogP) is 2.48. The van der Waals surface area contributed by atoms with Crippen LogP contribution in [0.4, 0.5) is 0 Å². The van der Waals surface area contributed by atoms with Crippen LogP contribution in [0.5, 0.6) is 5.75 Å². The zero-order valence-electron chi connectivity index (χ0n) is 19.0. The molecule has 1 aromatic carbocycles. The normalized spacial score (nSPS) is 11.2. The van der Waals surface area contributed by atoms with Gasteiger partial charge in [-0.2, -0.15) is 10.2 Å². The van der Waals surface area contributed by atoms with Crippen LogP contribution in [0.25, 0.3) is 22.6 Å². The summed E-state index contributed by atoms with van der Waals surface area (Å²) >= 11 is 0. The van der Waals surface area contributed by atoms with Crippen LogP contribution in [0.15, 0.2) is 66.0 Å². The summed E-state index contributed by atoms with van der Waals surface area (Å²) in [5.74, 6) is 1.25. The highest BCUT2D eigenvalue weighted by atomic mass is 16.5. The lowest BCUT2D eigenvalue weighted by Crippen LogP contribution is -2.22. The van der Waals surface area contributed by atoms with Crippen molar-refractivity contribution in [1.82, 2.24) is 34.4 Å². The third-order valence-electron chi connectivity index (χ3n) is 5.03. The lowest BCUT2D eigenvalue weighted by atomic mass is 10.1. The monoisotopic (exact) mass is 445 g/mol. The summed E-state index contributed by atoms with van der Waals surface area (Å²) in [6.45, 7) is 1.93. The molecule has 0 saturated heterocycles. The van der Waals surface area contributed by atoms with E-state index in [1.54, 1.807) is 29.3 Å². The molecule has 0 aliphatic rings. The lowest BCUT2D eigenvalue weighted by molar-refractivity contribution is 0.280. The van der Waals surface area contributed by atoms with Crippen LogP contribution < -0.4 is 10.3 Å². The van der Waals surface area contributed by atoms with Gasteiger partial charge >= 0.3 is 0 Å². The summed E-state index contributed by atoms with van der Waals surface area (Å²) in [6.07, 6.45) is 7.91. The first-order valence-corrected chi connectivity index (χ1v) is 10.7. The first kappa shape index (κ1) is 22.3. The number of aryl methyl sites for hydroxylation is 1. The average molecular weight is 446 g/mol. The smallest absolute Gasteiger partial charge is 0.267 e. The summed E-state index contributed by atoms with van der Waals surface area (Å²) in [7, 11) is 5.92. The van der Waals surface area contributed by atoms with E-state index < -0.39 is 0 Å². The SMILES string of the molecule is CN(C)CCCOc1cnc(-c2cccc(Cn3nc(-c4cnn(C)c4)ccc3=O)c2)nc1. The fourth-order valence-electron chi connectivity index (χ4n) is 3.36. The standard InChI is InChI=1S/C24H27N7O2/c1-29(2)10-5-11-33-21-14-25-24(26-15-21)19-7-4-6-18(12-19)16-31-23(32)9-8-22(28-31)20-13-27-30(3)17-20/h4,6-9,12-15,17H,5,10-11,16H2,1-3H3. The summed E-state index contributed by atoms with van der Waals surface area (Å²) in [5, 5.41) is 8.68. The number of hydrogen-bond donors (Lipinski definition) is 0. The first-order valence-electron chi connectivity index (χ1n) is 10.7. The van der Waals surface area contributed by atoms with Gasteiger partial charge in [-0.3, -0.25) is 9.48 Å². The van der Waals surface area contributed by atoms with Gasteiger partial charge in [-0.1, -0.05) is 18.2 Å². The van der Waals surface area contributed by atoms with E-state index in [0.29, 0.717) is 30.4 Å². The quantitative estimate of drug-likeness (QED) is 0.366. The van der Waals surface area contributed by atoms with Crippen molar-refractivity contribution in [1.29, 1.82) is 0 Å². The van der Waals surface area contributed by atoms with Crippen molar-refractivity contribution in [2.24, 2.45) is 7.05 Å². The molecule has 4 aromatic rings. The average Bonchev–Trinajstić information content (AvgIpc) is 3.25. The van der Waals surface area contributed by atoms with Crippen molar-refractivity contribution >= 4 is 0 Å². The molecule has 4 rings (SSSR count). The maximum absolute atomic E-state index is 12.4. The third kappa shape index (κ3) is 5.89. The van der Waals surface area contributed by atoms with Crippen LogP contribution in [-0.2, 0) is 13.6 Å². The number of hydrogen-bond acceptors (Lipinski definition) is 7. The Morgan fingerprint density at radius 3 is 2.58 bits per heavy atom. The van der Waals surface area contributed by atoms with E-state index in [2.05, 4.69) is 25.1 Å². The highest BCUT2D eigenvalue weighted by Gasteiger charge is 2.08. The van der Waals surface area contributed by atoms with Crippen molar-refractivity contribution in [3.8, 4) is 28.4 Å². The van der Waals surface area contributed by atoms with Gasteiger partial charge in [-0.15, -0.1) is 0 Å². The van der Waals surface area contributed by atoms with Gasteiger partial charge in [0.15, 0.2) is 11.6 Å². The molecular weight excluding hydrogens is 418 g/mol. The van der Waals surface area contributed by atoms with Crippen molar-refractivity contribution in [3.63, 3.8) is 0 Å². The number of aromatic nitrogens is 6. The molecule has 9 nitrogen and oxygen atoms in total. The minimum Gasteiger partial charge on any atom is -0.490 e. The van der Waals surface area contributed by atoms with Crippen LogP contribution in [0.1, 0.15) is 12.0 Å². The van der Waals surface area contributed by atoms with Gasteiger partial charge in [0.05, 0.1) is 37.4 Å². The molecule has 0 fully saturated rings. The number of nitrogens with zero attached hydrogens (tertiary/aromatic N) is 7. The molecule has 0 aliphatic heterocycles. The Balaban J connectivity index is 1.47. The Hall–Kier alpha value is -3.85. The van der Waals surface area contributed by atoms with E-state index in [-0.39, 0.29) is 5.56 Å². The third-order valence-corrected chi connectivity index (χ3v) is 5.03. The fourth-order valence-corrected chi connectivity index (χ4v) is 3.36. The van der Waals surface area contributed by atoms with Gasteiger partial charge in [0, 0.05) is 37.0 Å². The molecule has 0 atom stereocenters. The largest absolute Gasteiger partial charge is 0.490 e. The molecule has 0 radical (unpaired) electrons. The molecule has 33 heavy (non-hydrogen) atoms. The predicted molar refractivity (Wildman–Crippen MR) is 126 cm³/mol. The fraction of sp³-hybridized carbons (Fsp3) is 0.292. The second-order valence-corrected chi connectivity index (χ2v) is 8.07. The van der Waals surface area contributed by atoms with Gasteiger partial charge in [0.25, 0.3) is 5.56 Å². The zero-order chi connectivity index (χ0) is 23.2. The minimum atomic E-state index is -0.167. The van der Waals surface area contributed by atoms with Crippen LogP contribution in [-0.4, -0.2) is 61.7 Å². The molecule has 3 aromatic heterocycles. The Labute approximate surface area is 192 Å².